The summed E-state index contributed by atoms with van der Waals surface area (Å²) in [6.45, 7) is 4.76. The van der Waals surface area contributed by atoms with Gasteiger partial charge in [0.2, 0.25) is 5.91 Å². The summed E-state index contributed by atoms with van der Waals surface area (Å²) in [4.78, 5) is 42.4. The Hall–Kier alpha value is -1.80. The number of thioether (sulfide) groups is 1. The van der Waals surface area contributed by atoms with Gasteiger partial charge in [-0.2, -0.15) is 11.8 Å². The molecular weight excluding hydrogens is 390 g/mol. The first kappa shape index (κ1) is 19.2. The molecule has 4 atom stereocenters. The van der Waals surface area contributed by atoms with Crippen LogP contribution in [-0.4, -0.2) is 77.6 Å². The van der Waals surface area contributed by atoms with Gasteiger partial charge in [0.05, 0.1) is 19.0 Å². The molecule has 2 bridgehead atoms. The van der Waals surface area contributed by atoms with Gasteiger partial charge in [0, 0.05) is 56.2 Å². The maximum absolute atomic E-state index is 13.2. The van der Waals surface area contributed by atoms with Gasteiger partial charge in [-0.05, 0) is 30.7 Å². The lowest BCUT2D eigenvalue weighted by Crippen LogP contribution is -2.50. The van der Waals surface area contributed by atoms with E-state index in [0.29, 0.717) is 63.5 Å². The lowest BCUT2D eigenvalue weighted by atomic mass is 9.83. The molecule has 4 aliphatic heterocycles. The molecule has 156 valence electrons. The van der Waals surface area contributed by atoms with E-state index >= 15 is 0 Å². The third-order valence-electron chi connectivity index (χ3n) is 6.98. The van der Waals surface area contributed by atoms with Crippen LogP contribution in [0.25, 0.3) is 0 Å². The van der Waals surface area contributed by atoms with Crippen LogP contribution in [0.2, 0.25) is 0 Å². The predicted molar refractivity (Wildman–Crippen MR) is 110 cm³/mol. The molecule has 8 heteroatoms. The molecule has 0 aliphatic carbocycles. The molecule has 7 nitrogen and oxygen atoms in total. The summed E-state index contributed by atoms with van der Waals surface area (Å²) in [6, 6.07) is 3.65. The van der Waals surface area contributed by atoms with Crippen molar-refractivity contribution in [1.29, 1.82) is 0 Å². The van der Waals surface area contributed by atoms with Crippen LogP contribution >= 0.6 is 11.8 Å². The van der Waals surface area contributed by atoms with E-state index in [4.69, 9.17) is 4.74 Å². The zero-order chi connectivity index (χ0) is 20.1. The molecule has 0 N–H and O–H groups in total. The number of hydrogen-bond donors (Lipinski definition) is 0. The number of nitrogens with zero attached hydrogens (tertiary/aromatic N) is 3. The van der Waals surface area contributed by atoms with Crippen molar-refractivity contribution in [2.45, 2.75) is 18.9 Å². The lowest BCUT2D eigenvalue weighted by Gasteiger charge is -2.43. The number of piperidine rings is 1. The van der Waals surface area contributed by atoms with Crippen LogP contribution in [0.5, 0.6) is 0 Å². The number of amides is 2. The maximum atomic E-state index is 13.2. The summed E-state index contributed by atoms with van der Waals surface area (Å²) in [7, 11) is 0. The number of rotatable bonds is 3. The van der Waals surface area contributed by atoms with Gasteiger partial charge in [0.15, 0.2) is 0 Å². The SMILES string of the molecule is CSCC(=O)N1C[C@@H]2C[C@H](C1)c1ccc(C(=O)N3C[C@H]4COC[C@H]4C3)c(=O)n1C2. The average molecular weight is 418 g/mol. The van der Waals surface area contributed by atoms with Crippen molar-refractivity contribution in [3.8, 4) is 0 Å². The number of likely N-dealkylation sites (tertiary alicyclic amines) is 2. The molecule has 1 aromatic heterocycles. The van der Waals surface area contributed by atoms with Crippen molar-refractivity contribution in [3.63, 3.8) is 0 Å². The molecule has 0 radical (unpaired) electrons. The molecule has 5 heterocycles. The van der Waals surface area contributed by atoms with E-state index in [2.05, 4.69) is 0 Å². The van der Waals surface area contributed by atoms with Gasteiger partial charge in [-0.1, -0.05) is 0 Å². The molecule has 29 heavy (non-hydrogen) atoms. The van der Waals surface area contributed by atoms with Gasteiger partial charge in [-0.3, -0.25) is 14.4 Å². The van der Waals surface area contributed by atoms with E-state index in [0.717, 1.165) is 12.1 Å². The molecule has 0 saturated carbocycles. The Balaban J connectivity index is 1.38. The Morgan fingerprint density at radius 2 is 1.83 bits per heavy atom. The highest BCUT2D eigenvalue weighted by Crippen LogP contribution is 2.36. The minimum atomic E-state index is -0.167. The van der Waals surface area contributed by atoms with E-state index in [-0.39, 0.29) is 34.8 Å². The number of fused-ring (bicyclic) bond motifs is 5. The Morgan fingerprint density at radius 1 is 1.07 bits per heavy atom. The largest absolute Gasteiger partial charge is 0.381 e. The molecule has 2 amide bonds. The Bertz CT molecular complexity index is 888. The topological polar surface area (TPSA) is 71.9 Å². The van der Waals surface area contributed by atoms with Gasteiger partial charge in [0.1, 0.15) is 5.56 Å². The van der Waals surface area contributed by atoms with E-state index in [1.807, 2.05) is 26.7 Å². The second kappa shape index (κ2) is 7.47. The molecule has 0 aromatic carbocycles. The fourth-order valence-corrected chi connectivity index (χ4v) is 5.98. The molecule has 3 fully saturated rings. The van der Waals surface area contributed by atoms with Crippen molar-refractivity contribution in [2.75, 3.05) is 51.4 Å². The van der Waals surface area contributed by atoms with Crippen molar-refractivity contribution < 1.29 is 14.3 Å². The summed E-state index contributed by atoms with van der Waals surface area (Å²) < 4.78 is 7.30. The van der Waals surface area contributed by atoms with Crippen LogP contribution in [0.3, 0.4) is 0 Å². The van der Waals surface area contributed by atoms with Crippen molar-refractivity contribution >= 4 is 23.6 Å². The van der Waals surface area contributed by atoms with E-state index in [9.17, 15) is 14.4 Å². The monoisotopic (exact) mass is 417 g/mol. The summed E-state index contributed by atoms with van der Waals surface area (Å²) in [5.41, 5.74) is 1.08. The Morgan fingerprint density at radius 3 is 2.55 bits per heavy atom. The third kappa shape index (κ3) is 3.30. The zero-order valence-corrected chi connectivity index (χ0v) is 17.5. The van der Waals surface area contributed by atoms with Gasteiger partial charge < -0.3 is 19.1 Å². The van der Waals surface area contributed by atoms with Crippen molar-refractivity contribution in [2.24, 2.45) is 17.8 Å². The molecule has 0 unspecified atom stereocenters. The van der Waals surface area contributed by atoms with E-state index < -0.39 is 0 Å². The van der Waals surface area contributed by atoms with Crippen molar-refractivity contribution in [3.05, 3.63) is 33.7 Å². The molecule has 3 saturated heterocycles. The summed E-state index contributed by atoms with van der Waals surface area (Å²) >= 11 is 1.55. The minimum Gasteiger partial charge on any atom is -0.381 e. The van der Waals surface area contributed by atoms with Crippen LogP contribution in [0.4, 0.5) is 0 Å². The van der Waals surface area contributed by atoms with Gasteiger partial charge in [-0.25, -0.2) is 0 Å². The van der Waals surface area contributed by atoms with Crippen LogP contribution in [0, 0.1) is 17.8 Å². The highest BCUT2D eigenvalue weighted by Gasteiger charge is 2.41. The smallest absolute Gasteiger partial charge is 0.263 e. The molecular formula is C21H27N3O4S. The highest BCUT2D eigenvalue weighted by molar-refractivity contribution is 7.99. The molecule has 0 spiro atoms. The predicted octanol–water partition coefficient (Wildman–Crippen LogP) is 0.875. The van der Waals surface area contributed by atoms with Crippen LogP contribution < -0.4 is 5.56 Å². The van der Waals surface area contributed by atoms with Gasteiger partial charge in [-0.15, -0.1) is 0 Å². The number of pyridine rings is 1. The average Bonchev–Trinajstić information content (AvgIpc) is 3.30. The second-order valence-corrected chi connectivity index (χ2v) is 9.75. The molecule has 5 rings (SSSR count). The normalized spacial score (nSPS) is 30.2. The summed E-state index contributed by atoms with van der Waals surface area (Å²) in [5.74, 6) is 1.80. The third-order valence-corrected chi connectivity index (χ3v) is 7.52. The lowest BCUT2D eigenvalue weighted by molar-refractivity contribution is -0.131. The first-order valence-electron chi connectivity index (χ1n) is 10.4. The Labute approximate surface area is 174 Å². The van der Waals surface area contributed by atoms with E-state index in [1.165, 1.54) is 0 Å². The summed E-state index contributed by atoms with van der Waals surface area (Å²) in [6.07, 6.45) is 2.95. The summed E-state index contributed by atoms with van der Waals surface area (Å²) in [5, 5.41) is 0. The number of aromatic nitrogens is 1. The highest BCUT2D eigenvalue weighted by atomic mass is 32.2. The molecule has 1 aromatic rings. The zero-order valence-electron chi connectivity index (χ0n) is 16.7. The number of carbonyl (C=O) groups is 2. The maximum Gasteiger partial charge on any atom is 0.263 e. The fourth-order valence-electron chi connectivity index (χ4n) is 5.55. The first-order chi connectivity index (χ1) is 14.0. The van der Waals surface area contributed by atoms with E-state index in [1.54, 1.807) is 17.8 Å². The first-order valence-corrected chi connectivity index (χ1v) is 11.8. The van der Waals surface area contributed by atoms with Crippen LogP contribution in [0.15, 0.2) is 16.9 Å². The molecule has 4 aliphatic rings. The number of hydrogen-bond acceptors (Lipinski definition) is 5. The number of carbonyl (C=O) groups excluding carboxylic acids is 2. The number of ether oxygens (including phenoxy) is 1. The van der Waals surface area contributed by atoms with Gasteiger partial charge in [0.25, 0.3) is 11.5 Å². The Kier molecular flexibility index (Phi) is 4.94. The quantitative estimate of drug-likeness (QED) is 0.730. The van der Waals surface area contributed by atoms with Crippen molar-refractivity contribution in [1.82, 2.24) is 14.4 Å². The van der Waals surface area contributed by atoms with Crippen LogP contribution in [0.1, 0.15) is 28.4 Å². The fraction of sp³-hybridized carbons (Fsp3) is 0.667. The second-order valence-electron chi connectivity index (χ2n) is 8.89. The standard InChI is InChI=1S/C21H27N3O4S/c1-29-12-19(25)22-5-13-4-14(7-22)18-3-2-17(21(27)24(18)6-13)20(26)23-8-15-10-28-11-16(15)9-23/h2-3,13-16H,4-12H2,1H3/t13-,14+,15-,16+/m0/s1. The minimum absolute atomic E-state index is 0.146. The van der Waals surface area contributed by atoms with Gasteiger partial charge >= 0.3 is 0 Å². The van der Waals surface area contributed by atoms with Crippen LogP contribution in [-0.2, 0) is 16.1 Å².